The van der Waals surface area contributed by atoms with Crippen molar-refractivity contribution in [3.8, 4) is 0 Å². The molecule has 0 saturated carbocycles. The van der Waals surface area contributed by atoms with E-state index in [0.717, 1.165) is 12.8 Å². The van der Waals surface area contributed by atoms with Crippen LogP contribution in [0.4, 0.5) is 5.69 Å². The van der Waals surface area contributed by atoms with Crippen molar-refractivity contribution in [3.63, 3.8) is 0 Å². The first-order chi connectivity index (χ1) is 7.99. The Morgan fingerprint density at radius 1 is 1.47 bits per heavy atom. The summed E-state index contributed by atoms with van der Waals surface area (Å²) in [5.41, 5.74) is 5.11. The van der Waals surface area contributed by atoms with Gasteiger partial charge in [0.15, 0.2) is 0 Å². The molecule has 0 aliphatic carbocycles. The normalized spacial score (nSPS) is 19.0. The smallest absolute Gasteiger partial charge is 0.305 e. The second-order valence-corrected chi connectivity index (χ2v) is 4.99. The lowest BCUT2D eigenvalue weighted by Gasteiger charge is -2.36. The van der Waals surface area contributed by atoms with Crippen molar-refractivity contribution in [3.05, 3.63) is 28.8 Å². The van der Waals surface area contributed by atoms with Crippen LogP contribution in [0.3, 0.4) is 0 Å². The number of anilines is 1. The maximum atomic E-state index is 10.8. The molecule has 2 rings (SSSR count). The summed E-state index contributed by atoms with van der Waals surface area (Å²) in [5.74, 6) is -0.713. The molecule has 3 heteroatoms. The van der Waals surface area contributed by atoms with Crippen LogP contribution in [0.5, 0.6) is 0 Å². The van der Waals surface area contributed by atoms with Crippen LogP contribution in [0, 0.1) is 13.8 Å². The summed E-state index contributed by atoms with van der Waals surface area (Å²) < 4.78 is 0. The lowest BCUT2D eigenvalue weighted by Crippen LogP contribution is -2.38. The summed E-state index contributed by atoms with van der Waals surface area (Å²) in [4.78, 5) is 13.0. The average molecular weight is 233 g/mol. The largest absolute Gasteiger partial charge is 0.481 e. The van der Waals surface area contributed by atoms with Crippen molar-refractivity contribution in [1.29, 1.82) is 0 Å². The third kappa shape index (κ3) is 2.28. The number of fused-ring (bicyclic) bond motifs is 1. The summed E-state index contributed by atoms with van der Waals surface area (Å²) >= 11 is 0. The monoisotopic (exact) mass is 233 g/mol. The predicted molar refractivity (Wildman–Crippen MR) is 68.7 cm³/mol. The Hall–Kier alpha value is -1.51. The van der Waals surface area contributed by atoms with Gasteiger partial charge in [-0.15, -0.1) is 0 Å². The first kappa shape index (κ1) is 12.0. The van der Waals surface area contributed by atoms with E-state index in [-0.39, 0.29) is 12.5 Å². The minimum absolute atomic E-state index is 0.126. The lowest BCUT2D eigenvalue weighted by atomic mass is 9.91. The Labute approximate surface area is 102 Å². The Kier molecular flexibility index (Phi) is 3.09. The van der Waals surface area contributed by atoms with Gasteiger partial charge in [0.1, 0.15) is 0 Å². The zero-order valence-corrected chi connectivity index (χ0v) is 10.7. The van der Waals surface area contributed by atoms with E-state index in [1.165, 1.54) is 22.4 Å². The molecule has 1 aromatic rings. The molecule has 1 heterocycles. The number of carbonyl (C=O) groups is 1. The van der Waals surface area contributed by atoms with Crippen LogP contribution in [0.2, 0.25) is 0 Å². The van der Waals surface area contributed by atoms with Crippen molar-refractivity contribution in [2.75, 3.05) is 11.9 Å². The fourth-order valence-corrected chi connectivity index (χ4v) is 2.88. The number of aliphatic carboxylic acids is 1. The topological polar surface area (TPSA) is 40.5 Å². The molecule has 1 N–H and O–H groups in total. The number of carboxylic acid groups (broad SMARTS) is 1. The summed E-state index contributed by atoms with van der Waals surface area (Å²) in [7, 11) is 2.01. The fourth-order valence-electron chi connectivity index (χ4n) is 2.88. The molecule has 0 spiro atoms. The van der Waals surface area contributed by atoms with Crippen molar-refractivity contribution >= 4 is 11.7 Å². The van der Waals surface area contributed by atoms with Gasteiger partial charge in [-0.05, 0) is 37.8 Å². The number of hydrogen-bond donors (Lipinski definition) is 1. The third-order valence-corrected chi connectivity index (χ3v) is 3.58. The maximum Gasteiger partial charge on any atom is 0.305 e. The first-order valence-corrected chi connectivity index (χ1v) is 6.04. The zero-order valence-electron chi connectivity index (χ0n) is 10.7. The molecule has 17 heavy (non-hydrogen) atoms. The second kappa shape index (κ2) is 4.40. The van der Waals surface area contributed by atoms with Gasteiger partial charge in [0, 0.05) is 18.8 Å². The van der Waals surface area contributed by atoms with Crippen molar-refractivity contribution < 1.29 is 9.90 Å². The van der Waals surface area contributed by atoms with Gasteiger partial charge in [-0.3, -0.25) is 4.79 Å². The van der Waals surface area contributed by atoms with Gasteiger partial charge < -0.3 is 10.0 Å². The molecule has 92 valence electrons. The molecule has 3 nitrogen and oxygen atoms in total. The number of carboxylic acids is 1. The Morgan fingerprint density at radius 2 is 2.18 bits per heavy atom. The minimum atomic E-state index is -0.713. The fraction of sp³-hybridized carbons (Fsp3) is 0.500. The summed E-state index contributed by atoms with van der Waals surface area (Å²) in [6.07, 6.45) is 2.14. The highest BCUT2D eigenvalue weighted by molar-refractivity contribution is 5.70. The van der Waals surface area contributed by atoms with Gasteiger partial charge in [0.05, 0.1) is 6.42 Å². The van der Waals surface area contributed by atoms with Crippen LogP contribution in [0.15, 0.2) is 12.1 Å². The highest BCUT2D eigenvalue weighted by atomic mass is 16.4. The second-order valence-electron chi connectivity index (χ2n) is 4.99. The van der Waals surface area contributed by atoms with E-state index in [1.54, 1.807) is 0 Å². The number of hydrogen-bond acceptors (Lipinski definition) is 2. The van der Waals surface area contributed by atoms with Crippen molar-refractivity contribution in [1.82, 2.24) is 0 Å². The van der Waals surface area contributed by atoms with Crippen LogP contribution in [0.25, 0.3) is 0 Å². The molecular weight excluding hydrogens is 214 g/mol. The SMILES string of the molecule is Cc1cc(C)c2c(c1)CCC(CC(=O)O)N2C. The molecule has 1 aliphatic heterocycles. The zero-order chi connectivity index (χ0) is 12.6. The van der Waals surface area contributed by atoms with E-state index >= 15 is 0 Å². The Balaban J connectivity index is 2.35. The van der Waals surface area contributed by atoms with Crippen molar-refractivity contribution in [2.45, 2.75) is 39.2 Å². The van der Waals surface area contributed by atoms with E-state index < -0.39 is 5.97 Å². The summed E-state index contributed by atoms with van der Waals surface area (Å²) in [6.45, 7) is 4.21. The van der Waals surface area contributed by atoms with Crippen LogP contribution in [-0.2, 0) is 11.2 Å². The van der Waals surface area contributed by atoms with Gasteiger partial charge in [-0.25, -0.2) is 0 Å². The molecule has 0 aromatic heterocycles. The van der Waals surface area contributed by atoms with E-state index in [1.807, 2.05) is 7.05 Å². The first-order valence-electron chi connectivity index (χ1n) is 6.04. The van der Waals surface area contributed by atoms with Crippen molar-refractivity contribution in [2.24, 2.45) is 0 Å². The van der Waals surface area contributed by atoms with Gasteiger partial charge in [-0.1, -0.05) is 17.7 Å². The number of rotatable bonds is 2. The van der Waals surface area contributed by atoms with Crippen LogP contribution >= 0.6 is 0 Å². The third-order valence-electron chi connectivity index (χ3n) is 3.58. The van der Waals surface area contributed by atoms with Crippen LogP contribution in [-0.4, -0.2) is 24.2 Å². The molecule has 1 unspecified atom stereocenters. The highest BCUT2D eigenvalue weighted by Gasteiger charge is 2.26. The van der Waals surface area contributed by atoms with E-state index in [4.69, 9.17) is 5.11 Å². The molecule has 0 bridgehead atoms. The average Bonchev–Trinajstić information content (AvgIpc) is 2.20. The van der Waals surface area contributed by atoms with E-state index in [9.17, 15) is 4.79 Å². The number of nitrogens with zero attached hydrogens (tertiary/aromatic N) is 1. The molecule has 0 fully saturated rings. The van der Waals surface area contributed by atoms with Crippen LogP contribution in [0.1, 0.15) is 29.5 Å². The Bertz CT molecular complexity index is 454. The van der Waals surface area contributed by atoms with Gasteiger partial charge in [0.2, 0.25) is 0 Å². The minimum Gasteiger partial charge on any atom is -0.481 e. The molecule has 0 amide bonds. The van der Waals surface area contributed by atoms with E-state index in [2.05, 4.69) is 30.9 Å². The van der Waals surface area contributed by atoms with E-state index in [0.29, 0.717) is 0 Å². The van der Waals surface area contributed by atoms with Gasteiger partial charge in [0.25, 0.3) is 0 Å². The predicted octanol–water partition coefficient (Wildman–Crippen LogP) is 2.53. The molecular formula is C14H19NO2. The molecule has 1 aliphatic rings. The molecule has 1 atom stereocenters. The molecule has 1 aromatic carbocycles. The summed E-state index contributed by atoms with van der Waals surface area (Å²) in [6, 6.07) is 4.51. The summed E-state index contributed by atoms with van der Waals surface area (Å²) in [5, 5.41) is 8.92. The highest BCUT2D eigenvalue weighted by Crippen LogP contribution is 2.34. The van der Waals surface area contributed by atoms with Crippen LogP contribution < -0.4 is 4.90 Å². The molecule has 0 radical (unpaired) electrons. The lowest BCUT2D eigenvalue weighted by molar-refractivity contribution is -0.137. The van der Waals surface area contributed by atoms with Gasteiger partial charge >= 0.3 is 5.97 Å². The number of aryl methyl sites for hydroxylation is 3. The quantitative estimate of drug-likeness (QED) is 0.853. The maximum absolute atomic E-state index is 10.8. The van der Waals surface area contributed by atoms with Gasteiger partial charge in [-0.2, -0.15) is 0 Å². The standard InChI is InChI=1S/C14H19NO2/c1-9-6-10(2)14-11(7-9)4-5-12(15(14)3)8-13(16)17/h6-7,12H,4-5,8H2,1-3H3,(H,16,17). The Morgan fingerprint density at radius 3 is 2.82 bits per heavy atom. The molecule has 0 saturated heterocycles. The number of benzene rings is 1.